The maximum absolute atomic E-state index is 4.11. The molecule has 1 aromatic carbocycles. The van der Waals surface area contributed by atoms with Gasteiger partial charge in [-0.05, 0) is 46.8 Å². The number of hydrogen-bond acceptors (Lipinski definition) is 2. The molecule has 0 atom stereocenters. The zero-order chi connectivity index (χ0) is 13.0. The van der Waals surface area contributed by atoms with Crippen LogP contribution >= 0.6 is 23.5 Å². The molecular weight excluding hydrogens is 256 g/mol. The third kappa shape index (κ3) is 3.12. The van der Waals surface area contributed by atoms with Gasteiger partial charge in [0.15, 0.2) is 0 Å². The van der Waals surface area contributed by atoms with Crippen LogP contribution in [-0.4, -0.2) is 5.75 Å². The van der Waals surface area contributed by atoms with Gasteiger partial charge >= 0.3 is 0 Å². The second-order valence-corrected chi connectivity index (χ2v) is 6.69. The minimum absolute atomic E-state index is 0.885. The molecule has 0 bridgehead atoms. The van der Waals surface area contributed by atoms with Crippen LogP contribution in [0.25, 0.3) is 5.57 Å². The Hall–Kier alpha value is -0.860. The molecule has 1 aliphatic rings. The van der Waals surface area contributed by atoms with Gasteiger partial charge in [-0.15, -0.1) is 18.3 Å². The number of fused-ring (bicyclic) bond motifs is 1. The van der Waals surface area contributed by atoms with E-state index in [0.29, 0.717) is 0 Å². The van der Waals surface area contributed by atoms with Crippen molar-refractivity contribution in [3.05, 3.63) is 58.9 Å². The summed E-state index contributed by atoms with van der Waals surface area (Å²) < 4.78 is 0. The maximum atomic E-state index is 4.11. The summed E-state index contributed by atoms with van der Waals surface area (Å²) >= 11 is 3.78. The number of rotatable bonds is 4. The zero-order valence-corrected chi connectivity index (χ0v) is 12.4. The summed E-state index contributed by atoms with van der Waals surface area (Å²) in [5.41, 5.74) is 2.79. The van der Waals surface area contributed by atoms with Crippen LogP contribution in [0.3, 0.4) is 0 Å². The van der Waals surface area contributed by atoms with Crippen LogP contribution < -0.4 is 0 Å². The lowest BCUT2D eigenvalue weighted by atomic mass is 10.1. The molecule has 0 radical (unpaired) electrons. The molecule has 2 rings (SSSR count). The average molecular weight is 274 g/mol. The van der Waals surface area contributed by atoms with E-state index in [1.807, 2.05) is 29.6 Å². The Bertz CT molecular complexity index is 498. The highest BCUT2D eigenvalue weighted by molar-refractivity contribution is 8.07. The Kier molecular flexibility index (Phi) is 4.79. The van der Waals surface area contributed by atoms with Crippen LogP contribution in [0.4, 0.5) is 0 Å². The highest BCUT2D eigenvalue weighted by atomic mass is 32.2. The predicted molar refractivity (Wildman–Crippen MR) is 85.9 cm³/mol. The van der Waals surface area contributed by atoms with E-state index in [9.17, 15) is 0 Å². The Morgan fingerprint density at radius 1 is 1.44 bits per heavy atom. The van der Waals surface area contributed by atoms with Crippen molar-refractivity contribution in [1.82, 2.24) is 0 Å². The predicted octanol–water partition coefficient (Wildman–Crippen LogP) is 5.74. The Morgan fingerprint density at radius 3 is 3.00 bits per heavy atom. The van der Waals surface area contributed by atoms with E-state index in [1.165, 1.54) is 25.8 Å². The van der Waals surface area contributed by atoms with Gasteiger partial charge in [-0.2, -0.15) is 0 Å². The molecule has 94 valence electrons. The lowest BCUT2D eigenvalue weighted by Gasteiger charge is -2.11. The SMILES string of the molecule is C=CCC(=C)SC1=C(C)c2ccccc2SCC1. The van der Waals surface area contributed by atoms with Crippen LogP contribution in [0, 0.1) is 0 Å². The van der Waals surface area contributed by atoms with Crippen molar-refractivity contribution >= 4 is 29.1 Å². The van der Waals surface area contributed by atoms with Gasteiger partial charge in [0.05, 0.1) is 0 Å². The quantitative estimate of drug-likeness (QED) is 0.642. The van der Waals surface area contributed by atoms with Crippen molar-refractivity contribution in [2.45, 2.75) is 24.7 Å². The molecule has 0 aliphatic carbocycles. The molecule has 0 nitrogen and oxygen atoms in total. The third-order valence-corrected chi connectivity index (χ3v) is 5.22. The molecule has 0 saturated heterocycles. The van der Waals surface area contributed by atoms with Crippen LogP contribution in [0.2, 0.25) is 0 Å². The second kappa shape index (κ2) is 6.35. The van der Waals surface area contributed by atoms with Gasteiger partial charge in [0.1, 0.15) is 0 Å². The molecule has 1 aliphatic heterocycles. The van der Waals surface area contributed by atoms with Gasteiger partial charge in [-0.3, -0.25) is 0 Å². The first-order valence-corrected chi connectivity index (χ1v) is 7.91. The molecule has 0 amide bonds. The topological polar surface area (TPSA) is 0 Å². The van der Waals surface area contributed by atoms with Crippen molar-refractivity contribution in [1.29, 1.82) is 0 Å². The highest BCUT2D eigenvalue weighted by Gasteiger charge is 2.15. The number of allylic oxidation sites excluding steroid dienone is 4. The lowest BCUT2D eigenvalue weighted by molar-refractivity contribution is 1.22. The molecule has 18 heavy (non-hydrogen) atoms. The van der Waals surface area contributed by atoms with E-state index < -0.39 is 0 Å². The molecular formula is C16H18S2. The van der Waals surface area contributed by atoms with E-state index in [0.717, 1.165) is 18.6 Å². The summed E-state index contributed by atoms with van der Waals surface area (Å²) in [6.07, 6.45) is 3.94. The summed E-state index contributed by atoms with van der Waals surface area (Å²) in [7, 11) is 0. The van der Waals surface area contributed by atoms with Gasteiger partial charge < -0.3 is 0 Å². The smallest absolute Gasteiger partial charge is 0.0147 e. The van der Waals surface area contributed by atoms with Crippen molar-refractivity contribution in [3.63, 3.8) is 0 Å². The van der Waals surface area contributed by atoms with Crippen LogP contribution in [0.5, 0.6) is 0 Å². The maximum Gasteiger partial charge on any atom is 0.0147 e. The van der Waals surface area contributed by atoms with E-state index in [1.54, 1.807) is 0 Å². The fourth-order valence-corrected chi connectivity index (χ4v) is 4.22. The average Bonchev–Trinajstić information content (AvgIpc) is 2.51. The molecule has 0 aromatic heterocycles. The minimum atomic E-state index is 0.885. The molecule has 1 aromatic rings. The molecule has 0 unspecified atom stereocenters. The zero-order valence-electron chi connectivity index (χ0n) is 10.7. The molecule has 0 spiro atoms. The van der Waals surface area contributed by atoms with Gasteiger partial charge in [0.25, 0.3) is 0 Å². The van der Waals surface area contributed by atoms with Crippen molar-refractivity contribution in [2.24, 2.45) is 0 Å². The monoisotopic (exact) mass is 274 g/mol. The first kappa shape index (κ1) is 13.6. The van der Waals surface area contributed by atoms with Crippen LogP contribution in [0.15, 0.2) is 58.2 Å². The summed E-state index contributed by atoms with van der Waals surface area (Å²) in [6.45, 7) is 10.1. The molecule has 1 heterocycles. The van der Waals surface area contributed by atoms with Crippen molar-refractivity contribution in [3.8, 4) is 0 Å². The summed E-state index contributed by atoms with van der Waals surface area (Å²) in [5.74, 6) is 1.15. The number of benzene rings is 1. The molecule has 0 saturated carbocycles. The second-order valence-electron chi connectivity index (χ2n) is 4.28. The molecule has 0 fully saturated rings. The standard InChI is InChI=1S/C16H18S2/c1-4-7-12(2)18-15-10-11-17-16-9-6-5-8-14(16)13(15)3/h4-6,8-9H,1-2,7,10-11H2,3H3. The van der Waals surface area contributed by atoms with Crippen molar-refractivity contribution in [2.75, 3.05) is 5.75 Å². The summed E-state index contributed by atoms with van der Waals surface area (Å²) in [5, 5.41) is 0. The largest absolute Gasteiger partial charge is 0.125 e. The fourth-order valence-electron chi connectivity index (χ4n) is 2.00. The van der Waals surface area contributed by atoms with E-state index in [4.69, 9.17) is 0 Å². The van der Waals surface area contributed by atoms with E-state index >= 15 is 0 Å². The first-order valence-electron chi connectivity index (χ1n) is 6.11. The van der Waals surface area contributed by atoms with E-state index in [-0.39, 0.29) is 0 Å². The van der Waals surface area contributed by atoms with Gasteiger partial charge in [-0.1, -0.05) is 42.6 Å². The minimum Gasteiger partial charge on any atom is -0.125 e. The van der Waals surface area contributed by atoms with Gasteiger partial charge in [0.2, 0.25) is 0 Å². The first-order chi connectivity index (χ1) is 8.72. The number of hydrogen-bond donors (Lipinski definition) is 0. The molecule has 0 N–H and O–H groups in total. The normalized spacial score (nSPS) is 14.9. The fraction of sp³-hybridized carbons (Fsp3) is 0.250. The van der Waals surface area contributed by atoms with E-state index in [2.05, 4.69) is 44.3 Å². The Morgan fingerprint density at radius 2 is 2.22 bits per heavy atom. The third-order valence-electron chi connectivity index (χ3n) is 2.94. The van der Waals surface area contributed by atoms with Gasteiger partial charge in [0, 0.05) is 10.6 Å². The summed E-state index contributed by atoms with van der Waals surface area (Å²) in [4.78, 5) is 4.04. The van der Waals surface area contributed by atoms with Crippen molar-refractivity contribution < 1.29 is 0 Å². The van der Waals surface area contributed by atoms with Crippen LogP contribution in [0.1, 0.15) is 25.3 Å². The Labute approximate surface area is 118 Å². The highest BCUT2D eigenvalue weighted by Crippen LogP contribution is 2.41. The molecule has 2 heteroatoms. The number of thioether (sulfide) groups is 2. The Balaban J connectivity index is 2.29. The summed E-state index contributed by atoms with van der Waals surface area (Å²) in [6, 6.07) is 8.68. The van der Waals surface area contributed by atoms with Gasteiger partial charge in [-0.25, -0.2) is 0 Å². The van der Waals surface area contributed by atoms with Crippen LogP contribution in [-0.2, 0) is 0 Å². The lowest BCUT2D eigenvalue weighted by Crippen LogP contribution is -1.86.